The fourth-order valence-electron chi connectivity index (χ4n) is 4.78. The number of anilines is 2. The molecule has 0 N–H and O–H groups in total. The van der Waals surface area contributed by atoms with E-state index in [2.05, 4.69) is 0 Å². The van der Waals surface area contributed by atoms with Crippen LogP contribution in [0.15, 0.2) is 60.7 Å². The van der Waals surface area contributed by atoms with Crippen molar-refractivity contribution in [1.29, 1.82) is 0 Å². The Morgan fingerprint density at radius 2 is 1.57 bits per heavy atom. The van der Waals surface area contributed by atoms with Gasteiger partial charge in [0.05, 0.1) is 45.0 Å². The highest BCUT2D eigenvalue weighted by molar-refractivity contribution is 8.02. The predicted octanol–water partition coefficient (Wildman–Crippen LogP) is 4.50. The van der Waals surface area contributed by atoms with Crippen LogP contribution in [0.4, 0.5) is 11.4 Å². The third kappa shape index (κ3) is 3.51. The Morgan fingerprint density at radius 3 is 2.20 bits per heavy atom. The van der Waals surface area contributed by atoms with Gasteiger partial charge in [-0.25, -0.2) is 0 Å². The van der Waals surface area contributed by atoms with E-state index < -0.39 is 4.87 Å². The molecular weight excluding hydrogens is 464 g/mol. The van der Waals surface area contributed by atoms with E-state index in [4.69, 9.17) is 14.2 Å². The second kappa shape index (κ2) is 8.85. The molecule has 7 nitrogen and oxygen atoms in total. The van der Waals surface area contributed by atoms with Gasteiger partial charge in [0, 0.05) is 17.7 Å². The molecule has 3 aromatic carbocycles. The van der Waals surface area contributed by atoms with Crippen molar-refractivity contribution in [2.75, 3.05) is 36.9 Å². The van der Waals surface area contributed by atoms with E-state index in [-0.39, 0.29) is 17.6 Å². The predicted molar refractivity (Wildman–Crippen MR) is 137 cm³/mol. The first-order valence-electron chi connectivity index (χ1n) is 11.2. The monoisotopic (exact) mass is 490 g/mol. The maximum Gasteiger partial charge on any atom is 0.269 e. The average Bonchev–Trinajstić information content (AvgIpc) is 3.35. The van der Waals surface area contributed by atoms with E-state index in [0.29, 0.717) is 29.5 Å². The van der Waals surface area contributed by atoms with Crippen molar-refractivity contribution < 1.29 is 23.8 Å². The van der Waals surface area contributed by atoms with E-state index in [1.165, 1.54) is 33.1 Å². The number of para-hydroxylation sites is 1. The maximum absolute atomic E-state index is 14.2. The summed E-state index contributed by atoms with van der Waals surface area (Å²) >= 11 is 1.34. The van der Waals surface area contributed by atoms with Gasteiger partial charge in [0.25, 0.3) is 5.91 Å². The van der Waals surface area contributed by atoms with E-state index in [1.54, 1.807) is 21.9 Å². The Morgan fingerprint density at radius 1 is 0.914 bits per heavy atom. The van der Waals surface area contributed by atoms with Crippen LogP contribution in [0.2, 0.25) is 0 Å². The fourth-order valence-corrected chi connectivity index (χ4v) is 6.14. The third-order valence-electron chi connectivity index (χ3n) is 6.43. The second-order valence-electron chi connectivity index (χ2n) is 8.44. The zero-order valence-electron chi connectivity index (χ0n) is 20.0. The number of aryl methyl sites for hydroxylation is 1. The molecule has 180 valence electrons. The van der Waals surface area contributed by atoms with Crippen LogP contribution in [-0.4, -0.2) is 38.9 Å². The summed E-state index contributed by atoms with van der Waals surface area (Å²) in [7, 11) is 4.57. The first-order chi connectivity index (χ1) is 16.9. The minimum atomic E-state index is -1.22. The highest BCUT2D eigenvalue weighted by Gasteiger charge is 2.61. The summed E-state index contributed by atoms with van der Waals surface area (Å²) in [6.07, 6.45) is 0. The number of amides is 2. The number of carbonyl (C=O) groups excluding carboxylic acids is 2. The molecule has 3 aromatic rings. The van der Waals surface area contributed by atoms with Crippen LogP contribution in [0.5, 0.6) is 17.2 Å². The Balaban J connectivity index is 1.65. The summed E-state index contributed by atoms with van der Waals surface area (Å²) in [5.41, 5.74) is 4.28. The lowest BCUT2D eigenvalue weighted by atomic mass is 10.0. The van der Waals surface area contributed by atoms with Gasteiger partial charge in [0.15, 0.2) is 11.5 Å². The van der Waals surface area contributed by atoms with Crippen molar-refractivity contribution >= 4 is 35.0 Å². The number of hydrogen-bond acceptors (Lipinski definition) is 6. The SMILES string of the molecule is COc1cc(N2C(=O)CS[C@@]23C(=O)N(Cc2ccc(C)cc2)c2ccccc23)cc(OC)c1OC. The van der Waals surface area contributed by atoms with Gasteiger partial charge in [-0.2, -0.15) is 0 Å². The third-order valence-corrected chi connectivity index (χ3v) is 7.82. The molecule has 0 radical (unpaired) electrons. The number of methoxy groups -OCH3 is 3. The molecule has 35 heavy (non-hydrogen) atoms. The highest BCUT2D eigenvalue weighted by atomic mass is 32.2. The minimum absolute atomic E-state index is 0.149. The molecule has 8 heteroatoms. The van der Waals surface area contributed by atoms with Crippen molar-refractivity contribution in [2.45, 2.75) is 18.3 Å². The molecule has 1 atom stereocenters. The zero-order chi connectivity index (χ0) is 24.7. The smallest absolute Gasteiger partial charge is 0.269 e. The number of ether oxygens (including phenoxy) is 3. The molecule has 0 bridgehead atoms. The molecule has 2 heterocycles. The minimum Gasteiger partial charge on any atom is -0.493 e. The molecule has 5 rings (SSSR count). The molecule has 2 aliphatic rings. The largest absolute Gasteiger partial charge is 0.493 e. The van der Waals surface area contributed by atoms with Crippen LogP contribution in [-0.2, 0) is 21.0 Å². The van der Waals surface area contributed by atoms with Crippen molar-refractivity contribution in [2.24, 2.45) is 0 Å². The molecule has 0 aromatic heterocycles. The number of benzene rings is 3. The van der Waals surface area contributed by atoms with Crippen LogP contribution in [0.3, 0.4) is 0 Å². The molecule has 0 unspecified atom stereocenters. The van der Waals surface area contributed by atoms with Crippen LogP contribution < -0.4 is 24.0 Å². The topological polar surface area (TPSA) is 68.3 Å². The molecule has 1 saturated heterocycles. The van der Waals surface area contributed by atoms with Crippen LogP contribution in [0.1, 0.15) is 16.7 Å². The quantitative estimate of drug-likeness (QED) is 0.507. The lowest BCUT2D eigenvalue weighted by molar-refractivity contribution is -0.123. The standard InChI is InChI=1S/C27H26N2O5S/c1-17-9-11-18(12-10-17)15-28-21-8-6-5-7-20(21)27(26(28)31)29(24(30)16-35-27)19-13-22(32-2)25(34-4)23(14-19)33-3/h5-14H,15-16H2,1-4H3/t27-/m0/s1. The zero-order valence-corrected chi connectivity index (χ0v) is 20.8. The van der Waals surface area contributed by atoms with Crippen molar-refractivity contribution in [3.8, 4) is 17.2 Å². The van der Waals surface area contributed by atoms with Gasteiger partial charge >= 0.3 is 0 Å². The van der Waals surface area contributed by atoms with Gasteiger partial charge in [0.2, 0.25) is 16.5 Å². The number of thioether (sulfide) groups is 1. The van der Waals surface area contributed by atoms with Crippen molar-refractivity contribution in [1.82, 2.24) is 0 Å². The molecule has 1 spiro atoms. The van der Waals surface area contributed by atoms with Gasteiger partial charge in [-0.1, -0.05) is 48.0 Å². The fraction of sp³-hybridized carbons (Fsp3) is 0.259. The first-order valence-corrected chi connectivity index (χ1v) is 12.2. The van der Waals surface area contributed by atoms with Gasteiger partial charge in [-0.3, -0.25) is 14.5 Å². The molecule has 2 amide bonds. The number of hydrogen-bond donors (Lipinski definition) is 0. The Labute approximate surface area is 208 Å². The lowest BCUT2D eigenvalue weighted by Crippen LogP contribution is -2.49. The first kappa shape index (κ1) is 23.1. The van der Waals surface area contributed by atoms with Gasteiger partial charge in [0.1, 0.15) is 0 Å². The maximum atomic E-state index is 14.2. The Bertz CT molecular complexity index is 1280. The summed E-state index contributed by atoms with van der Waals surface area (Å²) in [6.45, 7) is 2.45. The van der Waals surface area contributed by atoms with Crippen LogP contribution in [0, 0.1) is 6.92 Å². The number of carbonyl (C=O) groups is 2. The highest BCUT2D eigenvalue weighted by Crippen LogP contribution is 2.57. The van der Waals surface area contributed by atoms with Crippen molar-refractivity contribution in [3.05, 3.63) is 77.4 Å². The average molecular weight is 491 g/mol. The summed E-state index contributed by atoms with van der Waals surface area (Å²) in [6, 6.07) is 19.2. The summed E-state index contributed by atoms with van der Waals surface area (Å²) < 4.78 is 16.5. The summed E-state index contributed by atoms with van der Waals surface area (Å²) in [4.78, 5) is 29.7. The summed E-state index contributed by atoms with van der Waals surface area (Å²) in [5.74, 6) is 1.11. The second-order valence-corrected chi connectivity index (χ2v) is 9.61. The summed E-state index contributed by atoms with van der Waals surface area (Å²) in [5, 5.41) is 0. The molecule has 0 aliphatic carbocycles. The van der Waals surface area contributed by atoms with Gasteiger partial charge < -0.3 is 19.1 Å². The molecule has 2 aliphatic heterocycles. The Kier molecular flexibility index (Phi) is 5.84. The van der Waals surface area contributed by atoms with Gasteiger partial charge in [-0.05, 0) is 18.6 Å². The van der Waals surface area contributed by atoms with E-state index in [0.717, 1.165) is 22.4 Å². The molecule has 1 fully saturated rings. The Hall–Kier alpha value is -3.65. The van der Waals surface area contributed by atoms with Crippen LogP contribution >= 0.6 is 11.8 Å². The molecular formula is C27H26N2O5S. The normalized spacial score (nSPS) is 18.9. The van der Waals surface area contributed by atoms with Crippen molar-refractivity contribution in [3.63, 3.8) is 0 Å². The lowest BCUT2D eigenvalue weighted by Gasteiger charge is -2.33. The molecule has 0 saturated carbocycles. The van der Waals surface area contributed by atoms with E-state index >= 15 is 0 Å². The van der Waals surface area contributed by atoms with Crippen LogP contribution in [0.25, 0.3) is 0 Å². The number of nitrogens with zero attached hydrogens (tertiary/aromatic N) is 2. The number of fused-ring (bicyclic) bond motifs is 2. The number of rotatable bonds is 6. The van der Waals surface area contributed by atoms with E-state index in [9.17, 15) is 9.59 Å². The van der Waals surface area contributed by atoms with E-state index in [1.807, 2.05) is 55.5 Å². The van der Waals surface area contributed by atoms with Gasteiger partial charge in [-0.15, -0.1) is 11.8 Å².